The first-order chi connectivity index (χ1) is 56.3. The summed E-state index contributed by atoms with van der Waals surface area (Å²) in [5, 5.41) is 121. The lowest BCUT2D eigenvalue weighted by Crippen LogP contribution is -2.64. The maximum Gasteiger partial charge on any atom is 0.222 e. The maximum absolute atomic E-state index is 13.8. The zero-order valence-electron chi connectivity index (χ0n) is 67.3. The number of nitrogens with one attached hydrogen (secondary N) is 10. The van der Waals surface area contributed by atoms with Crippen LogP contribution in [0.1, 0.15) is 124 Å². The molecule has 10 amide bonds. The van der Waals surface area contributed by atoms with Crippen molar-refractivity contribution in [3.8, 4) is 0 Å². The van der Waals surface area contributed by atoms with Gasteiger partial charge in [-0.2, -0.15) is 0 Å². The van der Waals surface area contributed by atoms with E-state index in [4.69, 9.17) is 67.1 Å². The van der Waals surface area contributed by atoms with E-state index < -0.39 is 159 Å². The van der Waals surface area contributed by atoms with E-state index in [1.807, 2.05) is 0 Å². The fourth-order valence-corrected chi connectivity index (χ4v) is 11.7. The molecule has 45 heteroatoms. The Morgan fingerprint density at radius 3 is 0.889 bits per heavy atom. The third-order valence-corrected chi connectivity index (χ3v) is 17.9. The van der Waals surface area contributed by atoms with Gasteiger partial charge in [-0.15, -0.1) is 0 Å². The molecule has 0 bridgehead atoms. The van der Waals surface area contributed by atoms with Crippen LogP contribution in [0, 0.1) is 0 Å². The molecule has 0 aromatic rings. The minimum Gasteiger partial charge on any atom is -0.394 e. The highest BCUT2D eigenvalue weighted by molar-refractivity contribution is 5.79. The van der Waals surface area contributed by atoms with E-state index in [9.17, 15) is 93.9 Å². The van der Waals surface area contributed by atoms with Gasteiger partial charge < -0.3 is 161 Å². The summed E-state index contributed by atoms with van der Waals surface area (Å²) in [5.74, 6) is -4.03. The van der Waals surface area contributed by atoms with Crippen molar-refractivity contribution in [1.29, 1.82) is 0 Å². The fourth-order valence-electron chi connectivity index (χ4n) is 11.7. The number of azide groups is 1. The third-order valence-electron chi connectivity index (χ3n) is 17.9. The molecule has 15 atom stereocenters. The van der Waals surface area contributed by atoms with Gasteiger partial charge in [0.2, 0.25) is 59.1 Å². The number of hydrogen-bond acceptors (Lipinski definition) is 33. The Kier molecular flexibility index (Phi) is 56.3. The van der Waals surface area contributed by atoms with Crippen LogP contribution in [0.5, 0.6) is 0 Å². The van der Waals surface area contributed by atoms with E-state index >= 15 is 0 Å². The summed E-state index contributed by atoms with van der Waals surface area (Å²) < 4.78 is 73.9. The van der Waals surface area contributed by atoms with Gasteiger partial charge in [-0.05, 0) is 63.3 Å². The van der Waals surface area contributed by atoms with Crippen LogP contribution in [0.3, 0.4) is 0 Å². The van der Waals surface area contributed by atoms with Crippen LogP contribution in [0.2, 0.25) is 0 Å². The number of nitrogens with zero attached hydrogens (tertiary/aromatic N) is 3. The molecule has 3 aliphatic rings. The monoisotopic (exact) mass is 1690 g/mol. The van der Waals surface area contributed by atoms with Crippen LogP contribution in [-0.2, 0) is 110 Å². The van der Waals surface area contributed by atoms with Gasteiger partial charge in [-0.1, -0.05) is 5.11 Å². The second-order valence-corrected chi connectivity index (χ2v) is 27.8. The first-order valence-corrected chi connectivity index (χ1v) is 39.8. The van der Waals surface area contributed by atoms with Crippen LogP contribution in [0.4, 0.5) is 0 Å². The van der Waals surface area contributed by atoms with Gasteiger partial charge >= 0.3 is 0 Å². The number of amides is 10. The average molecular weight is 1690 g/mol. The minimum absolute atomic E-state index is 0.0500. The molecule has 0 aromatic carbocycles. The van der Waals surface area contributed by atoms with Crippen molar-refractivity contribution in [2.24, 2.45) is 5.11 Å². The maximum atomic E-state index is 13.8. The molecule has 0 aliphatic carbocycles. The molecule has 3 heterocycles. The molecule has 674 valence electrons. The summed E-state index contributed by atoms with van der Waals surface area (Å²) in [7, 11) is 0. The van der Waals surface area contributed by atoms with Gasteiger partial charge in [-0.25, -0.2) is 0 Å². The van der Waals surface area contributed by atoms with Gasteiger partial charge in [0.15, 0.2) is 18.9 Å². The second kappa shape index (κ2) is 63.2. The highest BCUT2D eigenvalue weighted by Crippen LogP contribution is 2.26. The molecule has 0 spiro atoms. The van der Waals surface area contributed by atoms with Crippen molar-refractivity contribution in [3.63, 3.8) is 0 Å². The Balaban J connectivity index is 1.57. The number of aliphatic hydroxyl groups is 9. The zero-order chi connectivity index (χ0) is 86.0. The Labute approximate surface area is 680 Å². The Morgan fingerprint density at radius 2 is 0.607 bits per heavy atom. The smallest absolute Gasteiger partial charge is 0.222 e. The molecule has 3 saturated heterocycles. The molecule has 12 unspecified atom stereocenters. The van der Waals surface area contributed by atoms with E-state index in [0.717, 1.165) is 0 Å². The molecular formula is C72H129N13O32. The van der Waals surface area contributed by atoms with Gasteiger partial charge in [0.25, 0.3) is 0 Å². The van der Waals surface area contributed by atoms with Crippen molar-refractivity contribution >= 4 is 59.1 Å². The first-order valence-electron chi connectivity index (χ1n) is 39.8. The number of hydrogen-bond donors (Lipinski definition) is 19. The average Bonchev–Trinajstić information content (AvgIpc) is 0.820. The first kappa shape index (κ1) is 104. The summed E-state index contributed by atoms with van der Waals surface area (Å²) in [6.07, 6.45) is -12.5. The zero-order valence-corrected chi connectivity index (χ0v) is 67.3. The van der Waals surface area contributed by atoms with E-state index in [2.05, 4.69) is 63.2 Å². The molecular weight excluding hydrogens is 1560 g/mol. The predicted molar refractivity (Wildman–Crippen MR) is 407 cm³/mol. The van der Waals surface area contributed by atoms with E-state index in [1.54, 1.807) is 0 Å². The summed E-state index contributed by atoms with van der Waals surface area (Å²) in [6, 6.07) is -3.31. The van der Waals surface area contributed by atoms with Gasteiger partial charge in [0.1, 0.15) is 78.6 Å². The summed E-state index contributed by atoms with van der Waals surface area (Å²) >= 11 is 0. The van der Waals surface area contributed by atoms with Crippen LogP contribution in [0.15, 0.2) is 5.11 Å². The highest BCUT2D eigenvalue weighted by Gasteiger charge is 2.48. The van der Waals surface area contributed by atoms with Crippen LogP contribution >= 0.6 is 0 Å². The second-order valence-electron chi connectivity index (χ2n) is 27.8. The van der Waals surface area contributed by atoms with Crippen LogP contribution < -0.4 is 53.2 Å². The number of rotatable bonds is 67. The molecule has 3 aliphatic heterocycles. The van der Waals surface area contributed by atoms with E-state index in [-0.39, 0.29) is 208 Å². The molecule has 45 nitrogen and oxygen atoms in total. The number of carbonyl (C=O) groups excluding carboxylic acids is 10. The largest absolute Gasteiger partial charge is 0.394 e. The molecule has 3 rings (SSSR count). The molecule has 0 aromatic heterocycles. The fraction of sp³-hybridized carbons (Fsp3) is 0.861. The Bertz CT molecular complexity index is 2640. The summed E-state index contributed by atoms with van der Waals surface area (Å²) in [6.45, 7) is 3.73. The lowest BCUT2D eigenvalue weighted by atomic mass is 9.97. The quantitative estimate of drug-likeness (QED) is 0.0116. The summed E-state index contributed by atoms with van der Waals surface area (Å²) in [4.78, 5) is 129. The summed E-state index contributed by atoms with van der Waals surface area (Å²) in [5.41, 5.74) is 6.87. The Morgan fingerprint density at radius 1 is 0.342 bits per heavy atom. The molecule has 3 fully saturated rings. The lowest BCUT2D eigenvalue weighted by Gasteiger charge is -2.42. The SMILES string of the molecule is CC(=O)NC1C(OCCCCC(=O)NCCCNC(=O)CCOCC(COCCC(=O)NCCCNC(=O)CCCCOC2OC(CO)[C@H](O)C(O)C2NC(C)=O)(COCCC(=O)NCCCNC(=O)CCCCOC2OC(CO)[C@H](O)C(O)C2NC(C)=O)NC(=O)CCOCCOCCOCCOCCN=[N+]=[N-])OC(CO)[C@H](O)C1O. The highest BCUT2D eigenvalue weighted by atomic mass is 16.7. The van der Waals surface area contributed by atoms with Crippen molar-refractivity contribution in [2.45, 2.75) is 221 Å². The van der Waals surface area contributed by atoms with Crippen LogP contribution in [0.25, 0.3) is 10.4 Å². The van der Waals surface area contributed by atoms with Crippen molar-refractivity contribution in [2.75, 3.05) is 178 Å². The van der Waals surface area contributed by atoms with Crippen LogP contribution in [-0.4, -0.2) is 380 Å². The minimum atomic E-state index is -1.50. The predicted octanol–water partition coefficient (Wildman–Crippen LogP) is -6.91. The van der Waals surface area contributed by atoms with Crippen molar-refractivity contribution in [1.82, 2.24) is 53.2 Å². The van der Waals surface area contributed by atoms with Crippen molar-refractivity contribution in [3.05, 3.63) is 10.4 Å². The van der Waals surface area contributed by atoms with Gasteiger partial charge in [0.05, 0.1) is 112 Å². The van der Waals surface area contributed by atoms with Crippen molar-refractivity contribution < 1.29 is 155 Å². The number of carbonyl (C=O) groups is 10. The normalized spacial score (nSPS) is 23.5. The van der Waals surface area contributed by atoms with Gasteiger partial charge in [0, 0.05) is 136 Å². The molecule has 19 N–H and O–H groups in total. The van der Waals surface area contributed by atoms with Gasteiger partial charge in [-0.3, -0.25) is 47.9 Å². The van der Waals surface area contributed by atoms with E-state index in [0.29, 0.717) is 71.0 Å². The Hall–Kier alpha value is -6.87. The standard InChI is InChI=1S/C72H129N13O32/c1-47(89)81-60-66(102)63(99)50(41-86)115-69(60)112-27-7-4-13-53(92)74-20-10-23-77-56(95)16-31-109-44-72(84-59(98)19-30-105-35-37-107-39-40-108-38-36-106-34-26-80-85-73,45-110-32-17-57(96)78-24-11-21-75-54(93)14-5-8-28-113-70-61(82-48(2)90)67(103)64(100)51(42-87)116-70)46-111-33-18-58(97)79-25-12-22-76-55(94)15-6-9-29-114-71-62(83-49(3)91)68(104)65(101)52(43-88)117-71/h50-52,60-71,86-88,99-104H,4-46H2,1-3H3,(H,74,92)(H,75,93)(H,76,94)(H,77,95)(H,78,96)(H,79,97)(H,81,89)(H,82,90)(H,83,91)(H,84,98)/t50?,51?,52?,60?,61?,62?,63-,64-,65-,66?,67?,68?,69?,70?,71?,72?/m0/s1. The van der Waals surface area contributed by atoms with E-state index in [1.165, 1.54) is 20.8 Å². The molecule has 0 saturated carbocycles. The number of unbranched alkanes of at least 4 members (excludes halogenated alkanes) is 3. The lowest BCUT2D eigenvalue weighted by molar-refractivity contribution is -0.270. The number of ether oxygens (including phenoxy) is 13. The molecule has 117 heavy (non-hydrogen) atoms. The number of aliphatic hydroxyl groups excluding tert-OH is 9. The topological polar surface area (TPSA) is 642 Å². The molecule has 0 radical (unpaired) electrons. The third kappa shape index (κ3) is 45.9.